The summed E-state index contributed by atoms with van der Waals surface area (Å²) in [6.07, 6.45) is 3.46. The summed E-state index contributed by atoms with van der Waals surface area (Å²) in [6.45, 7) is 17.0. The second-order valence-corrected chi connectivity index (χ2v) is 12.1. The standard InChI is InChI=1S/C25H39N2O4P/c1-9-30-32(29,31-10-2)23(27-17-18-11-13-26-14-12-18)19-15-20(24(3,4)5)22(28)21(16-19)25(6,7)8/h11-16,23,27-28H,9-10,17H2,1-8H3. The van der Waals surface area contributed by atoms with Crippen molar-refractivity contribution in [1.29, 1.82) is 0 Å². The van der Waals surface area contributed by atoms with E-state index in [0.29, 0.717) is 6.54 Å². The van der Waals surface area contributed by atoms with Crippen LogP contribution in [0.3, 0.4) is 0 Å². The van der Waals surface area contributed by atoms with Gasteiger partial charge in [-0.2, -0.15) is 0 Å². The van der Waals surface area contributed by atoms with Gasteiger partial charge in [-0.1, -0.05) is 41.5 Å². The number of pyridine rings is 1. The molecule has 1 aromatic carbocycles. The molecule has 32 heavy (non-hydrogen) atoms. The number of hydrogen-bond acceptors (Lipinski definition) is 6. The highest BCUT2D eigenvalue weighted by molar-refractivity contribution is 7.54. The molecule has 0 spiro atoms. The van der Waals surface area contributed by atoms with Crippen LogP contribution in [-0.2, 0) is 31.0 Å². The van der Waals surface area contributed by atoms with Crippen molar-refractivity contribution in [2.75, 3.05) is 13.2 Å². The van der Waals surface area contributed by atoms with Gasteiger partial charge in [0.15, 0.2) is 0 Å². The van der Waals surface area contributed by atoms with Crippen molar-refractivity contribution in [2.24, 2.45) is 0 Å². The van der Waals surface area contributed by atoms with E-state index in [1.807, 2.05) is 38.1 Å². The minimum absolute atomic E-state index is 0.265. The van der Waals surface area contributed by atoms with Gasteiger partial charge in [-0.15, -0.1) is 0 Å². The third-order valence-electron chi connectivity index (χ3n) is 5.25. The zero-order chi connectivity index (χ0) is 24.2. The molecule has 0 aliphatic carbocycles. The normalized spacial score (nSPS) is 13.9. The fourth-order valence-electron chi connectivity index (χ4n) is 3.63. The van der Waals surface area contributed by atoms with E-state index in [0.717, 1.165) is 22.3 Å². The molecule has 0 amide bonds. The Labute approximate surface area is 193 Å². The summed E-state index contributed by atoms with van der Waals surface area (Å²) in [5, 5.41) is 14.5. The Morgan fingerprint density at radius 2 is 1.44 bits per heavy atom. The van der Waals surface area contributed by atoms with E-state index in [1.165, 1.54) is 0 Å². The van der Waals surface area contributed by atoms with Crippen LogP contribution in [0.25, 0.3) is 0 Å². The van der Waals surface area contributed by atoms with Crippen molar-refractivity contribution >= 4 is 7.60 Å². The first kappa shape index (κ1) is 26.5. The molecule has 0 fully saturated rings. The van der Waals surface area contributed by atoms with Gasteiger partial charge < -0.3 is 14.2 Å². The highest BCUT2D eigenvalue weighted by Gasteiger charge is 2.39. The molecule has 1 aromatic heterocycles. The average molecular weight is 463 g/mol. The summed E-state index contributed by atoms with van der Waals surface area (Å²) in [7, 11) is -3.56. The van der Waals surface area contributed by atoms with Gasteiger partial charge in [-0.3, -0.25) is 14.9 Å². The van der Waals surface area contributed by atoms with Gasteiger partial charge in [0, 0.05) is 18.9 Å². The molecule has 0 radical (unpaired) electrons. The maximum atomic E-state index is 14.0. The fourth-order valence-corrected chi connectivity index (χ4v) is 5.55. The molecule has 1 atom stereocenters. The van der Waals surface area contributed by atoms with Crippen LogP contribution in [0.1, 0.15) is 83.4 Å². The number of aromatic nitrogens is 1. The average Bonchev–Trinajstić information content (AvgIpc) is 2.68. The number of nitrogens with one attached hydrogen (secondary N) is 1. The first-order valence-electron chi connectivity index (χ1n) is 11.2. The topological polar surface area (TPSA) is 80.7 Å². The molecule has 2 N–H and O–H groups in total. The molecule has 7 heteroatoms. The number of aromatic hydroxyl groups is 1. The Hall–Kier alpha value is -1.72. The molecule has 178 valence electrons. The molecule has 0 saturated carbocycles. The lowest BCUT2D eigenvalue weighted by Crippen LogP contribution is -2.25. The van der Waals surface area contributed by atoms with Crippen LogP contribution in [0.15, 0.2) is 36.7 Å². The molecule has 2 rings (SSSR count). The van der Waals surface area contributed by atoms with Gasteiger partial charge in [0.1, 0.15) is 11.5 Å². The molecule has 0 saturated heterocycles. The molecule has 0 aliphatic heterocycles. The van der Waals surface area contributed by atoms with E-state index in [4.69, 9.17) is 9.05 Å². The van der Waals surface area contributed by atoms with Crippen LogP contribution in [-0.4, -0.2) is 23.3 Å². The molecule has 0 aliphatic rings. The van der Waals surface area contributed by atoms with Crippen LogP contribution in [0.4, 0.5) is 0 Å². The molecule has 1 heterocycles. The first-order valence-corrected chi connectivity index (χ1v) is 12.8. The Kier molecular flexibility index (Phi) is 8.69. The van der Waals surface area contributed by atoms with Crippen LogP contribution >= 0.6 is 7.60 Å². The van der Waals surface area contributed by atoms with Crippen LogP contribution in [0.2, 0.25) is 0 Å². The zero-order valence-corrected chi connectivity index (χ0v) is 21.6. The predicted molar refractivity (Wildman–Crippen MR) is 130 cm³/mol. The highest BCUT2D eigenvalue weighted by atomic mass is 31.2. The van der Waals surface area contributed by atoms with Crippen LogP contribution in [0.5, 0.6) is 5.75 Å². The minimum atomic E-state index is -3.56. The van der Waals surface area contributed by atoms with E-state index in [2.05, 4.69) is 51.8 Å². The van der Waals surface area contributed by atoms with Gasteiger partial charge in [-0.25, -0.2) is 0 Å². The van der Waals surface area contributed by atoms with Gasteiger partial charge in [0.05, 0.1) is 13.2 Å². The number of benzene rings is 1. The maximum absolute atomic E-state index is 14.0. The molecule has 6 nitrogen and oxygen atoms in total. The molecule has 2 aromatic rings. The third-order valence-corrected chi connectivity index (χ3v) is 7.60. The summed E-state index contributed by atoms with van der Waals surface area (Å²) in [5.41, 5.74) is 2.77. The van der Waals surface area contributed by atoms with Gasteiger partial charge in [-0.05, 0) is 71.2 Å². The van der Waals surface area contributed by atoms with Crippen molar-refractivity contribution < 1.29 is 18.7 Å². The quantitative estimate of drug-likeness (QED) is 0.418. The lowest BCUT2D eigenvalue weighted by Gasteiger charge is -2.32. The number of phenols is 1. The largest absolute Gasteiger partial charge is 0.507 e. The smallest absolute Gasteiger partial charge is 0.351 e. The van der Waals surface area contributed by atoms with E-state index < -0.39 is 13.4 Å². The van der Waals surface area contributed by atoms with Crippen molar-refractivity contribution in [3.8, 4) is 5.75 Å². The highest BCUT2D eigenvalue weighted by Crippen LogP contribution is 2.60. The lowest BCUT2D eigenvalue weighted by atomic mass is 9.78. The summed E-state index contributed by atoms with van der Waals surface area (Å²) in [4.78, 5) is 4.07. The number of rotatable bonds is 9. The molecule has 0 bridgehead atoms. The van der Waals surface area contributed by atoms with E-state index in [1.54, 1.807) is 12.4 Å². The Morgan fingerprint density at radius 3 is 1.84 bits per heavy atom. The van der Waals surface area contributed by atoms with Gasteiger partial charge >= 0.3 is 7.60 Å². The lowest BCUT2D eigenvalue weighted by molar-refractivity contribution is 0.207. The Bertz CT molecular complexity index is 888. The van der Waals surface area contributed by atoms with E-state index in [9.17, 15) is 9.67 Å². The molecule has 1 unspecified atom stereocenters. The maximum Gasteiger partial charge on any atom is 0.351 e. The van der Waals surface area contributed by atoms with Crippen molar-refractivity contribution in [2.45, 2.75) is 78.5 Å². The third kappa shape index (κ3) is 6.41. The zero-order valence-electron chi connectivity index (χ0n) is 20.7. The summed E-state index contributed by atoms with van der Waals surface area (Å²) in [6, 6.07) is 7.68. The van der Waals surface area contributed by atoms with Crippen LogP contribution in [0, 0.1) is 0 Å². The monoisotopic (exact) mass is 462 g/mol. The number of phenolic OH excluding ortho intramolecular Hbond substituents is 1. The Balaban J connectivity index is 2.69. The van der Waals surface area contributed by atoms with Crippen molar-refractivity contribution in [3.63, 3.8) is 0 Å². The van der Waals surface area contributed by atoms with E-state index in [-0.39, 0.29) is 29.8 Å². The second kappa shape index (κ2) is 10.5. The molecular weight excluding hydrogens is 423 g/mol. The van der Waals surface area contributed by atoms with Crippen molar-refractivity contribution in [3.05, 3.63) is 58.9 Å². The minimum Gasteiger partial charge on any atom is -0.507 e. The number of hydrogen-bond donors (Lipinski definition) is 2. The molecular formula is C25H39N2O4P. The second-order valence-electron chi connectivity index (χ2n) is 9.98. The summed E-state index contributed by atoms with van der Waals surface area (Å²) < 4.78 is 25.5. The predicted octanol–water partition coefficient (Wildman–Crippen LogP) is 6.44. The Morgan fingerprint density at radius 1 is 0.969 bits per heavy atom. The van der Waals surface area contributed by atoms with Crippen LogP contribution < -0.4 is 5.32 Å². The summed E-state index contributed by atoms with van der Waals surface area (Å²) in [5.74, 6) is -0.414. The number of nitrogens with zero attached hydrogens (tertiary/aromatic N) is 1. The van der Waals surface area contributed by atoms with Crippen molar-refractivity contribution in [1.82, 2.24) is 10.3 Å². The summed E-state index contributed by atoms with van der Waals surface area (Å²) >= 11 is 0. The fraction of sp³-hybridized carbons (Fsp3) is 0.560. The van der Waals surface area contributed by atoms with Gasteiger partial charge in [0.25, 0.3) is 0 Å². The van der Waals surface area contributed by atoms with E-state index >= 15 is 0 Å². The van der Waals surface area contributed by atoms with Gasteiger partial charge in [0.2, 0.25) is 0 Å². The SMILES string of the molecule is CCOP(=O)(OCC)C(NCc1ccncc1)c1cc(C(C)(C)C)c(O)c(C(C)(C)C)c1. The first-order chi connectivity index (χ1) is 14.8.